The standard InChI is InChI=1S/C24H27ClN4O2S.ClH/c1-14-21(27-28-23(30)32-14)15-6-8-19-17(12-15)24(2,3)10-11-29(19)22(26-4)16-7-9-20(31-5)18(25)13-16;/h6-9,12-14H,10-11H2,1-5H3,(H,28,30);1H. The molecule has 9 heteroatoms. The van der Waals surface area contributed by atoms with E-state index in [9.17, 15) is 4.79 Å². The van der Waals surface area contributed by atoms with Crippen molar-refractivity contribution in [1.82, 2.24) is 5.43 Å². The van der Waals surface area contributed by atoms with Gasteiger partial charge in [-0.1, -0.05) is 43.3 Å². The summed E-state index contributed by atoms with van der Waals surface area (Å²) in [7, 11) is 3.41. The average Bonchev–Trinajstić information content (AvgIpc) is 2.76. The Bertz CT molecular complexity index is 1130. The monoisotopic (exact) mass is 506 g/mol. The molecule has 4 rings (SSSR count). The number of thioether (sulfide) groups is 1. The topological polar surface area (TPSA) is 66.3 Å². The Balaban J connectivity index is 0.00000306. The van der Waals surface area contributed by atoms with E-state index in [1.807, 2.05) is 25.1 Å². The highest BCUT2D eigenvalue weighted by atomic mass is 35.5. The number of benzene rings is 2. The zero-order valence-corrected chi connectivity index (χ0v) is 21.7. The lowest BCUT2D eigenvalue weighted by atomic mass is 9.76. The van der Waals surface area contributed by atoms with E-state index < -0.39 is 0 Å². The first-order valence-electron chi connectivity index (χ1n) is 10.5. The molecule has 0 aliphatic carbocycles. The third-order valence-corrected chi connectivity index (χ3v) is 7.26. The number of ether oxygens (including phenoxy) is 1. The molecule has 1 unspecified atom stereocenters. The summed E-state index contributed by atoms with van der Waals surface area (Å²) >= 11 is 7.66. The Morgan fingerprint density at radius 2 is 2.06 bits per heavy atom. The van der Waals surface area contributed by atoms with Gasteiger partial charge in [-0.15, -0.1) is 12.4 Å². The molecule has 0 spiro atoms. The normalized spacial score (nSPS) is 19.8. The van der Waals surface area contributed by atoms with Gasteiger partial charge in [-0.25, -0.2) is 5.43 Å². The number of fused-ring (bicyclic) bond motifs is 1. The quantitative estimate of drug-likeness (QED) is 0.416. The van der Waals surface area contributed by atoms with E-state index in [1.54, 1.807) is 14.2 Å². The van der Waals surface area contributed by atoms with Crippen LogP contribution in [0.3, 0.4) is 0 Å². The van der Waals surface area contributed by atoms with E-state index in [0.717, 1.165) is 41.3 Å². The van der Waals surface area contributed by atoms with Gasteiger partial charge in [0.05, 0.1) is 23.1 Å². The number of carbonyl (C=O) groups is 1. The maximum atomic E-state index is 11.6. The van der Waals surface area contributed by atoms with Crippen LogP contribution in [0.4, 0.5) is 10.5 Å². The molecule has 1 atom stereocenters. The van der Waals surface area contributed by atoms with Crippen molar-refractivity contribution < 1.29 is 9.53 Å². The third kappa shape index (κ3) is 4.86. The summed E-state index contributed by atoms with van der Waals surface area (Å²) in [5, 5.41) is 4.77. The molecule has 176 valence electrons. The number of hydrogen-bond acceptors (Lipinski definition) is 5. The Hall–Kier alpha value is -2.22. The molecule has 1 N–H and O–H groups in total. The predicted molar refractivity (Wildman–Crippen MR) is 141 cm³/mol. The number of rotatable bonds is 3. The summed E-state index contributed by atoms with van der Waals surface area (Å²) < 4.78 is 5.30. The molecule has 2 aromatic rings. The van der Waals surface area contributed by atoms with Gasteiger partial charge in [0.25, 0.3) is 5.24 Å². The minimum atomic E-state index is -0.118. The van der Waals surface area contributed by atoms with E-state index in [0.29, 0.717) is 10.8 Å². The Morgan fingerprint density at radius 3 is 2.70 bits per heavy atom. The van der Waals surface area contributed by atoms with Crippen LogP contribution in [-0.2, 0) is 5.41 Å². The molecule has 33 heavy (non-hydrogen) atoms. The van der Waals surface area contributed by atoms with Gasteiger partial charge in [0, 0.05) is 24.8 Å². The van der Waals surface area contributed by atoms with Crippen molar-refractivity contribution in [3.63, 3.8) is 0 Å². The molecule has 2 aliphatic rings. The molecule has 2 aliphatic heterocycles. The fourth-order valence-corrected chi connectivity index (χ4v) is 5.27. The molecule has 0 saturated carbocycles. The van der Waals surface area contributed by atoms with Crippen molar-refractivity contribution >= 4 is 58.2 Å². The minimum absolute atomic E-state index is 0. The Morgan fingerprint density at radius 1 is 1.30 bits per heavy atom. The maximum Gasteiger partial charge on any atom is 0.299 e. The summed E-state index contributed by atoms with van der Waals surface area (Å²) in [5.41, 5.74) is 7.80. The van der Waals surface area contributed by atoms with E-state index in [4.69, 9.17) is 16.3 Å². The molecule has 0 radical (unpaired) electrons. The lowest BCUT2D eigenvalue weighted by Gasteiger charge is -2.41. The second kappa shape index (κ2) is 9.95. The van der Waals surface area contributed by atoms with Crippen LogP contribution in [0.15, 0.2) is 46.5 Å². The van der Waals surface area contributed by atoms with Crippen molar-refractivity contribution in [2.45, 2.75) is 37.9 Å². The van der Waals surface area contributed by atoms with Gasteiger partial charge in [0.1, 0.15) is 11.6 Å². The molecular formula is C24H28Cl2N4O2S. The van der Waals surface area contributed by atoms with Crippen LogP contribution in [0.1, 0.15) is 43.9 Å². The predicted octanol–water partition coefficient (Wildman–Crippen LogP) is 5.88. The van der Waals surface area contributed by atoms with Gasteiger partial charge >= 0.3 is 0 Å². The number of carbonyl (C=O) groups excluding carboxylic acids is 1. The number of nitrogens with zero attached hydrogens (tertiary/aromatic N) is 3. The van der Waals surface area contributed by atoms with Gasteiger partial charge < -0.3 is 9.64 Å². The summed E-state index contributed by atoms with van der Waals surface area (Å²) in [6.07, 6.45) is 0.972. The molecular weight excluding hydrogens is 479 g/mol. The lowest BCUT2D eigenvalue weighted by molar-refractivity contribution is 0.261. The van der Waals surface area contributed by atoms with Crippen LogP contribution < -0.4 is 15.1 Å². The summed E-state index contributed by atoms with van der Waals surface area (Å²) in [6, 6.07) is 12.2. The summed E-state index contributed by atoms with van der Waals surface area (Å²) in [4.78, 5) is 18.5. The molecule has 2 aromatic carbocycles. The minimum Gasteiger partial charge on any atom is -0.495 e. The van der Waals surface area contributed by atoms with Crippen LogP contribution >= 0.6 is 35.8 Å². The van der Waals surface area contributed by atoms with Gasteiger partial charge in [-0.3, -0.25) is 9.79 Å². The van der Waals surface area contributed by atoms with E-state index >= 15 is 0 Å². The number of methoxy groups -OCH3 is 1. The van der Waals surface area contributed by atoms with Gasteiger partial charge in [-0.05, 0) is 60.2 Å². The highest BCUT2D eigenvalue weighted by Gasteiger charge is 2.34. The highest BCUT2D eigenvalue weighted by Crippen LogP contribution is 2.41. The first-order valence-corrected chi connectivity index (χ1v) is 11.8. The molecule has 2 heterocycles. The molecule has 1 amide bonds. The van der Waals surface area contributed by atoms with Crippen molar-refractivity contribution in [3.8, 4) is 5.75 Å². The zero-order valence-electron chi connectivity index (χ0n) is 19.3. The van der Waals surface area contributed by atoms with Crippen LogP contribution in [0, 0.1) is 0 Å². The van der Waals surface area contributed by atoms with Crippen LogP contribution in [0.2, 0.25) is 5.02 Å². The van der Waals surface area contributed by atoms with Gasteiger partial charge in [-0.2, -0.15) is 5.10 Å². The van der Waals surface area contributed by atoms with Crippen molar-refractivity contribution in [2.75, 3.05) is 25.6 Å². The summed E-state index contributed by atoms with van der Waals surface area (Å²) in [5.74, 6) is 1.51. The molecule has 0 aromatic heterocycles. The molecule has 0 bridgehead atoms. The van der Waals surface area contributed by atoms with Crippen molar-refractivity contribution in [3.05, 3.63) is 58.1 Å². The number of nitrogens with one attached hydrogen (secondary N) is 1. The van der Waals surface area contributed by atoms with Gasteiger partial charge in [0.2, 0.25) is 0 Å². The number of hydrogen-bond donors (Lipinski definition) is 1. The Labute approximate surface area is 210 Å². The lowest BCUT2D eigenvalue weighted by Crippen LogP contribution is -2.42. The first-order chi connectivity index (χ1) is 15.2. The van der Waals surface area contributed by atoms with Crippen LogP contribution in [0.5, 0.6) is 5.75 Å². The number of amidine groups is 1. The molecule has 0 saturated heterocycles. The van der Waals surface area contributed by atoms with Crippen molar-refractivity contribution in [2.24, 2.45) is 10.1 Å². The first kappa shape index (κ1) is 25.4. The number of hydrazone groups is 1. The highest BCUT2D eigenvalue weighted by molar-refractivity contribution is 8.14. The van der Waals surface area contributed by atoms with E-state index in [2.05, 4.69) is 52.5 Å². The maximum absolute atomic E-state index is 11.6. The molecule has 6 nitrogen and oxygen atoms in total. The molecule has 0 fully saturated rings. The SMILES string of the molecule is CN=C(c1ccc(OC)c(Cl)c1)N1CCC(C)(C)c2cc(C3=NNC(=O)SC3C)ccc21.Cl. The second-order valence-electron chi connectivity index (χ2n) is 8.57. The van der Waals surface area contributed by atoms with E-state index in [1.165, 1.54) is 17.3 Å². The zero-order chi connectivity index (χ0) is 23.0. The fraction of sp³-hybridized carbons (Fsp3) is 0.375. The van der Waals surface area contributed by atoms with Crippen LogP contribution in [0.25, 0.3) is 0 Å². The van der Waals surface area contributed by atoms with E-state index in [-0.39, 0.29) is 28.3 Å². The number of amides is 1. The van der Waals surface area contributed by atoms with Crippen LogP contribution in [-0.4, -0.2) is 42.7 Å². The number of halogens is 2. The van der Waals surface area contributed by atoms with Gasteiger partial charge in [0.15, 0.2) is 0 Å². The Kier molecular flexibility index (Phi) is 7.66. The van der Waals surface area contributed by atoms with Crippen molar-refractivity contribution in [1.29, 1.82) is 0 Å². The fourth-order valence-electron chi connectivity index (χ4n) is 4.29. The number of aliphatic imine (C=N–C) groups is 1. The second-order valence-corrected chi connectivity index (χ2v) is 10.3. The third-order valence-electron chi connectivity index (χ3n) is 6.09. The smallest absolute Gasteiger partial charge is 0.299 e. The number of anilines is 1. The average molecular weight is 507 g/mol. The largest absolute Gasteiger partial charge is 0.495 e. The summed E-state index contributed by atoms with van der Waals surface area (Å²) in [6.45, 7) is 7.39.